The fourth-order valence-electron chi connectivity index (χ4n) is 2.77. The Morgan fingerprint density at radius 2 is 1.96 bits per heavy atom. The molecule has 1 aromatic carbocycles. The van der Waals surface area contributed by atoms with Gasteiger partial charge in [-0.05, 0) is 31.2 Å². The average Bonchev–Trinajstić information content (AvgIpc) is 3.12. The van der Waals surface area contributed by atoms with Gasteiger partial charge in [0.15, 0.2) is 5.13 Å². The minimum Gasteiger partial charge on any atom is -0.298 e. The van der Waals surface area contributed by atoms with Crippen molar-refractivity contribution in [2.45, 2.75) is 6.92 Å². The number of nitrogens with zero attached hydrogens (tertiary/aromatic N) is 3. The van der Waals surface area contributed by atoms with E-state index in [1.54, 1.807) is 24.4 Å². The number of aryl methyl sites for hydroxylation is 1. The minimum atomic E-state index is -0.568. The predicted octanol–water partition coefficient (Wildman–Crippen LogP) is 4.97. The molecule has 3 aromatic heterocycles. The maximum absolute atomic E-state index is 13.7. The van der Waals surface area contributed by atoms with Gasteiger partial charge in [-0.2, -0.15) is 4.39 Å². The molecule has 0 fully saturated rings. The van der Waals surface area contributed by atoms with Crippen molar-refractivity contribution in [3.05, 3.63) is 84.2 Å². The van der Waals surface area contributed by atoms with Gasteiger partial charge in [0.1, 0.15) is 0 Å². The summed E-state index contributed by atoms with van der Waals surface area (Å²) in [4.78, 5) is 25.4. The largest absolute Gasteiger partial charge is 0.298 e. The standard InChI is InChI=1S/C21H15FN4OS/c1-13-4-2-5-14(10-13)18-19(15-7-9-24-17(22)11-15)28-21(25-18)26-20(27)16-6-3-8-23-12-16/h2-12H,1H3,(H,25,26,27). The van der Waals surface area contributed by atoms with Gasteiger partial charge in [-0.15, -0.1) is 0 Å². The molecule has 138 valence electrons. The highest BCUT2D eigenvalue weighted by molar-refractivity contribution is 7.19. The lowest BCUT2D eigenvalue weighted by molar-refractivity contribution is 0.102. The number of anilines is 1. The van der Waals surface area contributed by atoms with Gasteiger partial charge >= 0.3 is 0 Å². The zero-order chi connectivity index (χ0) is 19.5. The number of benzene rings is 1. The quantitative estimate of drug-likeness (QED) is 0.500. The fourth-order valence-corrected chi connectivity index (χ4v) is 3.75. The van der Waals surface area contributed by atoms with Crippen molar-refractivity contribution >= 4 is 22.4 Å². The van der Waals surface area contributed by atoms with E-state index in [-0.39, 0.29) is 5.91 Å². The predicted molar refractivity (Wildman–Crippen MR) is 108 cm³/mol. The molecule has 0 bridgehead atoms. The molecule has 1 amide bonds. The van der Waals surface area contributed by atoms with Crippen LogP contribution in [0.2, 0.25) is 0 Å². The van der Waals surface area contributed by atoms with Crippen LogP contribution in [0.3, 0.4) is 0 Å². The average molecular weight is 390 g/mol. The van der Waals surface area contributed by atoms with Gasteiger partial charge in [0, 0.05) is 35.8 Å². The fraction of sp³-hybridized carbons (Fsp3) is 0.0476. The molecule has 28 heavy (non-hydrogen) atoms. The Labute approximate surface area is 165 Å². The second-order valence-corrected chi connectivity index (χ2v) is 7.13. The van der Waals surface area contributed by atoms with E-state index < -0.39 is 5.95 Å². The number of hydrogen-bond donors (Lipinski definition) is 1. The van der Waals surface area contributed by atoms with Gasteiger partial charge in [-0.25, -0.2) is 9.97 Å². The Bertz CT molecular complexity index is 1080. The van der Waals surface area contributed by atoms with Crippen LogP contribution in [-0.4, -0.2) is 20.9 Å². The Morgan fingerprint density at radius 1 is 1.07 bits per heavy atom. The van der Waals surface area contributed by atoms with E-state index in [0.717, 1.165) is 16.0 Å². The molecule has 0 unspecified atom stereocenters. The number of aromatic nitrogens is 3. The maximum Gasteiger partial charge on any atom is 0.259 e. The highest BCUT2D eigenvalue weighted by Crippen LogP contribution is 2.39. The molecule has 0 radical (unpaired) electrons. The van der Waals surface area contributed by atoms with Crippen molar-refractivity contribution in [3.8, 4) is 21.7 Å². The molecular weight excluding hydrogens is 375 g/mol. The highest BCUT2D eigenvalue weighted by atomic mass is 32.1. The van der Waals surface area contributed by atoms with Crippen LogP contribution < -0.4 is 5.32 Å². The topological polar surface area (TPSA) is 67.8 Å². The summed E-state index contributed by atoms with van der Waals surface area (Å²) in [5.41, 5.74) is 3.75. The van der Waals surface area contributed by atoms with Gasteiger partial charge in [0.2, 0.25) is 5.95 Å². The van der Waals surface area contributed by atoms with Crippen molar-refractivity contribution in [3.63, 3.8) is 0 Å². The summed E-state index contributed by atoms with van der Waals surface area (Å²) in [5, 5.41) is 3.24. The van der Waals surface area contributed by atoms with Crippen molar-refractivity contribution in [1.29, 1.82) is 0 Å². The Hall–Kier alpha value is -3.45. The molecule has 4 rings (SSSR count). The van der Waals surface area contributed by atoms with Crippen LogP contribution in [0, 0.1) is 12.9 Å². The van der Waals surface area contributed by atoms with Crippen LogP contribution in [-0.2, 0) is 0 Å². The third-order valence-electron chi connectivity index (χ3n) is 4.05. The second-order valence-electron chi connectivity index (χ2n) is 6.13. The maximum atomic E-state index is 13.7. The number of thiazole rings is 1. The number of nitrogens with one attached hydrogen (secondary N) is 1. The Morgan fingerprint density at radius 3 is 2.71 bits per heavy atom. The lowest BCUT2D eigenvalue weighted by Gasteiger charge is -2.03. The molecule has 0 atom stereocenters. The summed E-state index contributed by atoms with van der Waals surface area (Å²) in [6.45, 7) is 1.99. The first-order valence-electron chi connectivity index (χ1n) is 8.51. The monoisotopic (exact) mass is 390 g/mol. The molecule has 0 spiro atoms. The summed E-state index contributed by atoms with van der Waals surface area (Å²) in [6, 6.07) is 14.3. The van der Waals surface area contributed by atoms with Crippen LogP contribution in [0.1, 0.15) is 15.9 Å². The summed E-state index contributed by atoms with van der Waals surface area (Å²) in [7, 11) is 0. The van der Waals surface area contributed by atoms with Gasteiger partial charge in [0.25, 0.3) is 5.91 Å². The van der Waals surface area contributed by atoms with Gasteiger partial charge in [-0.1, -0.05) is 35.1 Å². The van der Waals surface area contributed by atoms with Crippen molar-refractivity contribution in [2.75, 3.05) is 5.32 Å². The van der Waals surface area contributed by atoms with E-state index in [9.17, 15) is 9.18 Å². The van der Waals surface area contributed by atoms with E-state index >= 15 is 0 Å². The van der Waals surface area contributed by atoms with Crippen LogP contribution in [0.25, 0.3) is 21.7 Å². The van der Waals surface area contributed by atoms with Gasteiger partial charge in [-0.3, -0.25) is 15.1 Å². The summed E-state index contributed by atoms with van der Waals surface area (Å²) in [6.07, 6.45) is 4.51. The third kappa shape index (κ3) is 3.79. The van der Waals surface area contributed by atoms with E-state index in [1.807, 2.05) is 31.2 Å². The zero-order valence-corrected chi connectivity index (χ0v) is 15.7. The van der Waals surface area contributed by atoms with E-state index in [2.05, 4.69) is 20.3 Å². The molecule has 0 saturated carbocycles. The normalized spacial score (nSPS) is 10.6. The number of amides is 1. The smallest absolute Gasteiger partial charge is 0.259 e. The first kappa shape index (κ1) is 17.9. The lowest BCUT2D eigenvalue weighted by Crippen LogP contribution is -2.11. The molecule has 1 N–H and O–H groups in total. The van der Waals surface area contributed by atoms with Crippen molar-refractivity contribution < 1.29 is 9.18 Å². The number of hydrogen-bond acceptors (Lipinski definition) is 5. The number of halogens is 1. The third-order valence-corrected chi connectivity index (χ3v) is 5.07. The Kier molecular flexibility index (Phi) is 4.90. The molecule has 0 aliphatic heterocycles. The molecule has 0 saturated heterocycles. The lowest BCUT2D eigenvalue weighted by atomic mass is 10.1. The van der Waals surface area contributed by atoms with Crippen LogP contribution >= 0.6 is 11.3 Å². The molecule has 7 heteroatoms. The molecule has 3 heterocycles. The van der Waals surface area contributed by atoms with Crippen LogP contribution in [0.4, 0.5) is 9.52 Å². The van der Waals surface area contributed by atoms with Gasteiger partial charge < -0.3 is 0 Å². The number of carbonyl (C=O) groups excluding carboxylic acids is 1. The van der Waals surface area contributed by atoms with Crippen molar-refractivity contribution in [1.82, 2.24) is 15.0 Å². The molecule has 0 aliphatic carbocycles. The molecular formula is C21H15FN4OS. The molecule has 4 aromatic rings. The first-order chi connectivity index (χ1) is 13.6. The Balaban J connectivity index is 1.77. The minimum absolute atomic E-state index is 0.301. The van der Waals surface area contributed by atoms with Crippen LogP contribution in [0.15, 0.2) is 67.1 Å². The number of carbonyl (C=O) groups is 1. The summed E-state index contributed by atoms with van der Waals surface area (Å²) < 4.78 is 13.7. The highest BCUT2D eigenvalue weighted by Gasteiger charge is 2.18. The van der Waals surface area contributed by atoms with Gasteiger partial charge in [0.05, 0.1) is 16.1 Å². The second kappa shape index (κ2) is 7.66. The number of pyridine rings is 2. The molecule has 0 aliphatic rings. The van der Waals surface area contributed by atoms with Crippen molar-refractivity contribution in [2.24, 2.45) is 0 Å². The summed E-state index contributed by atoms with van der Waals surface area (Å²) in [5.74, 6) is -0.868. The van der Waals surface area contributed by atoms with E-state index in [4.69, 9.17) is 0 Å². The zero-order valence-electron chi connectivity index (χ0n) is 14.9. The summed E-state index contributed by atoms with van der Waals surface area (Å²) >= 11 is 1.29. The van der Waals surface area contributed by atoms with E-state index in [0.29, 0.717) is 22.0 Å². The SMILES string of the molecule is Cc1cccc(-c2nc(NC(=O)c3cccnc3)sc2-c2ccnc(F)c2)c1. The van der Waals surface area contributed by atoms with E-state index in [1.165, 1.54) is 29.8 Å². The van der Waals surface area contributed by atoms with Crippen LogP contribution in [0.5, 0.6) is 0 Å². The number of rotatable bonds is 4. The molecule has 5 nitrogen and oxygen atoms in total. The first-order valence-corrected chi connectivity index (χ1v) is 9.33.